The molecule has 1 aliphatic rings. The van der Waals surface area contributed by atoms with Gasteiger partial charge >= 0.3 is 0 Å². The van der Waals surface area contributed by atoms with E-state index in [0.29, 0.717) is 5.57 Å². The molecule has 0 saturated carbocycles. The predicted molar refractivity (Wildman–Crippen MR) is 55.9 cm³/mol. The van der Waals surface area contributed by atoms with Gasteiger partial charge in [-0.1, -0.05) is 13.8 Å². The molecule has 0 saturated heterocycles. The average molecular weight is 197 g/mol. The Labute approximate surface area is 85.4 Å². The highest BCUT2D eigenvalue weighted by Gasteiger charge is 2.38. The number of hydrogen-bond donors (Lipinski definition) is 1. The fourth-order valence-corrected chi connectivity index (χ4v) is 2.01. The van der Waals surface area contributed by atoms with Gasteiger partial charge in [-0.05, 0) is 26.7 Å². The van der Waals surface area contributed by atoms with Crippen LogP contribution in [0.4, 0.5) is 0 Å². The van der Waals surface area contributed by atoms with Crippen LogP contribution in [0.25, 0.3) is 0 Å². The van der Waals surface area contributed by atoms with Gasteiger partial charge in [0.15, 0.2) is 0 Å². The quantitative estimate of drug-likeness (QED) is 0.736. The van der Waals surface area contributed by atoms with Crippen LogP contribution >= 0.6 is 0 Å². The number of aliphatic hydroxyl groups excluding tert-OH is 1. The minimum Gasteiger partial charge on any atom is -0.510 e. The molecule has 14 heavy (non-hydrogen) atoms. The van der Waals surface area contributed by atoms with Gasteiger partial charge in [-0.3, -0.25) is 4.79 Å². The smallest absolute Gasteiger partial charge is 0.254 e. The van der Waals surface area contributed by atoms with Crippen molar-refractivity contribution in [1.82, 2.24) is 4.90 Å². The second-order valence-electron chi connectivity index (χ2n) is 4.44. The van der Waals surface area contributed by atoms with Crippen LogP contribution in [0.1, 0.15) is 34.6 Å². The van der Waals surface area contributed by atoms with Gasteiger partial charge in [-0.2, -0.15) is 0 Å². The van der Waals surface area contributed by atoms with Crippen LogP contribution in [0.2, 0.25) is 0 Å². The SMILES string of the molecule is CC(C)C1=C(O)C(C)N(C(C)C)C1=O. The monoisotopic (exact) mass is 197 g/mol. The van der Waals surface area contributed by atoms with Gasteiger partial charge in [0.2, 0.25) is 0 Å². The summed E-state index contributed by atoms with van der Waals surface area (Å²) < 4.78 is 0. The summed E-state index contributed by atoms with van der Waals surface area (Å²) >= 11 is 0. The Morgan fingerprint density at radius 2 is 1.79 bits per heavy atom. The lowest BCUT2D eigenvalue weighted by molar-refractivity contribution is -0.128. The highest BCUT2D eigenvalue weighted by atomic mass is 16.3. The molecule has 80 valence electrons. The summed E-state index contributed by atoms with van der Waals surface area (Å²) in [7, 11) is 0. The normalized spacial score (nSPS) is 23.2. The summed E-state index contributed by atoms with van der Waals surface area (Å²) in [6, 6.07) is -0.0317. The molecule has 1 amide bonds. The molecule has 0 aromatic rings. The van der Waals surface area contributed by atoms with Gasteiger partial charge in [-0.25, -0.2) is 0 Å². The van der Waals surface area contributed by atoms with Crippen LogP contribution in [-0.2, 0) is 4.79 Å². The van der Waals surface area contributed by atoms with E-state index in [-0.39, 0.29) is 29.7 Å². The average Bonchev–Trinajstić information content (AvgIpc) is 2.23. The highest BCUT2D eigenvalue weighted by molar-refractivity contribution is 5.97. The molecule has 3 heteroatoms. The fourth-order valence-electron chi connectivity index (χ4n) is 2.01. The molecule has 0 aromatic carbocycles. The topological polar surface area (TPSA) is 40.5 Å². The van der Waals surface area contributed by atoms with Gasteiger partial charge < -0.3 is 10.0 Å². The minimum absolute atomic E-state index is 0.0139. The second kappa shape index (κ2) is 3.64. The number of amides is 1. The lowest BCUT2D eigenvalue weighted by Gasteiger charge is -2.26. The molecule has 1 N–H and O–H groups in total. The molecular formula is C11H19NO2. The summed E-state index contributed by atoms with van der Waals surface area (Å²) in [5.41, 5.74) is 0.575. The lowest BCUT2D eigenvalue weighted by atomic mass is 10.0. The zero-order valence-electron chi connectivity index (χ0n) is 9.53. The summed E-state index contributed by atoms with van der Waals surface area (Å²) in [5, 5.41) is 9.83. The number of carbonyl (C=O) groups is 1. The van der Waals surface area contributed by atoms with Crippen molar-refractivity contribution in [2.75, 3.05) is 0 Å². The van der Waals surface area contributed by atoms with Crippen molar-refractivity contribution in [2.24, 2.45) is 5.92 Å². The van der Waals surface area contributed by atoms with Crippen LogP contribution in [0, 0.1) is 5.92 Å². The van der Waals surface area contributed by atoms with Crippen LogP contribution in [-0.4, -0.2) is 28.0 Å². The maximum absolute atomic E-state index is 11.9. The molecule has 0 bridgehead atoms. The number of rotatable bonds is 2. The van der Waals surface area contributed by atoms with E-state index in [2.05, 4.69) is 0 Å². The molecule has 1 atom stereocenters. The molecule has 1 aliphatic heterocycles. The maximum Gasteiger partial charge on any atom is 0.254 e. The van der Waals surface area contributed by atoms with Crippen LogP contribution in [0.3, 0.4) is 0 Å². The highest BCUT2D eigenvalue weighted by Crippen LogP contribution is 2.30. The third kappa shape index (κ3) is 1.51. The summed E-state index contributed by atoms with van der Waals surface area (Å²) in [4.78, 5) is 13.6. The first-order valence-corrected chi connectivity index (χ1v) is 5.13. The van der Waals surface area contributed by atoms with E-state index in [1.165, 1.54) is 0 Å². The third-order valence-electron chi connectivity index (χ3n) is 2.69. The largest absolute Gasteiger partial charge is 0.510 e. The Morgan fingerprint density at radius 3 is 2.00 bits per heavy atom. The van der Waals surface area contributed by atoms with Crippen LogP contribution in [0.15, 0.2) is 11.3 Å². The molecular weight excluding hydrogens is 178 g/mol. The standard InChI is InChI=1S/C11H19NO2/c1-6(2)9-10(13)8(5)12(7(3)4)11(9)14/h6-8,13H,1-5H3. The summed E-state index contributed by atoms with van der Waals surface area (Å²) in [6.07, 6.45) is 0. The molecule has 3 nitrogen and oxygen atoms in total. The number of carbonyl (C=O) groups excluding carboxylic acids is 1. The van der Waals surface area contributed by atoms with Gasteiger partial charge in [0, 0.05) is 6.04 Å². The fraction of sp³-hybridized carbons (Fsp3) is 0.727. The Bertz CT molecular complexity index is 279. The van der Waals surface area contributed by atoms with Crippen molar-refractivity contribution in [2.45, 2.75) is 46.7 Å². The van der Waals surface area contributed by atoms with E-state index >= 15 is 0 Å². The van der Waals surface area contributed by atoms with Gasteiger partial charge in [0.25, 0.3) is 5.91 Å². The zero-order valence-corrected chi connectivity index (χ0v) is 9.53. The van der Waals surface area contributed by atoms with Crippen molar-refractivity contribution in [3.05, 3.63) is 11.3 Å². The van der Waals surface area contributed by atoms with Crippen molar-refractivity contribution in [3.63, 3.8) is 0 Å². The Morgan fingerprint density at radius 1 is 1.29 bits per heavy atom. The first-order valence-electron chi connectivity index (χ1n) is 5.13. The molecule has 0 radical (unpaired) electrons. The number of nitrogens with zero attached hydrogens (tertiary/aromatic N) is 1. The predicted octanol–water partition coefficient (Wildman–Crippen LogP) is 2.09. The van der Waals surface area contributed by atoms with Crippen molar-refractivity contribution >= 4 is 5.91 Å². The summed E-state index contributed by atoms with van der Waals surface area (Å²) in [5.74, 6) is 0.326. The molecule has 1 heterocycles. The van der Waals surface area contributed by atoms with Gasteiger partial charge in [0.1, 0.15) is 5.76 Å². The van der Waals surface area contributed by atoms with E-state index in [4.69, 9.17) is 0 Å². The first-order chi connectivity index (χ1) is 6.37. The van der Waals surface area contributed by atoms with Crippen molar-refractivity contribution in [1.29, 1.82) is 0 Å². The van der Waals surface area contributed by atoms with E-state index in [0.717, 1.165) is 0 Å². The van der Waals surface area contributed by atoms with Crippen LogP contribution < -0.4 is 0 Å². The van der Waals surface area contributed by atoms with Gasteiger partial charge in [-0.15, -0.1) is 0 Å². The first kappa shape index (κ1) is 11.1. The van der Waals surface area contributed by atoms with Crippen molar-refractivity contribution in [3.8, 4) is 0 Å². The molecule has 0 fully saturated rings. The van der Waals surface area contributed by atoms with Crippen LogP contribution in [0.5, 0.6) is 0 Å². The maximum atomic E-state index is 11.9. The molecule has 1 rings (SSSR count). The van der Waals surface area contributed by atoms with E-state index in [1.54, 1.807) is 4.90 Å². The molecule has 0 aromatic heterocycles. The number of aliphatic hydroxyl groups is 1. The lowest BCUT2D eigenvalue weighted by Crippen LogP contribution is -2.39. The van der Waals surface area contributed by atoms with E-state index < -0.39 is 0 Å². The Balaban J connectivity index is 3.04. The zero-order chi connectivity index (χ0) is 11.0. The second-order valence-corrected chi connectivity index (χ2v) is 4.44. The Hall–Kier alpha value is -0.990. The molecule has 0 aliphatic carbocycles. The molecule has 1 unspecified atom stereocenters. The van der Waals surface area contributed by atoms with Crippen molar-refractivity contribution < 1.29 is 9.90 Å². The Kier molecular flexibility index (Phi) is 2.88. The third-order valence-corrected chi connectivity index (χ3v) is 2.69. The van der Waals surface area contributed by atoms with E-state index in [9.17, 15) is 9.90 Å². The minimum atomic E-state index is -0.167. The number of hydrogen-bond acceptors (Lipinski definition) is 2. The van der Waals surface area contributed by atoms with Gasteiger partial charge in [0.05, 0.1) is 11.6 Å². The van der Waals surface area contributed by atoms with E-state index in [1.807, 2.05) is 34.6 Å². The molecule has 0 spiro atoms. The summed E-state index contributed by atoms with van der Waals surface area (Å²) in [6.45, 7) is 9.65.